The van der Waals surface area contributed by atoms with Crippen molar-refractivity contribution in [3.63, 3.8) is 0 Å². The smallest absolute Gasteiger partial charge is 0.182 e. The molecule has 1 rings (SSSR count). The maximum Gasteiger partial charge on any atom is 0.182 e. The zero-order valence-electron chi connectivity index (χ0n) is 9.33. The van der Waals surface area contributed by atoms with Crippen LogP contribution in [0.3, 0.4) is 0 Å². The van der Waals surface area contributed by atoms with Gasteiger partial charge < -0.3 is 5.32 Å². The third-order valence-corrected chi connectivity index (χ3v) is 2.94. The fourth-order valence-electron chi connectivity index (χ4n) is 1.22. The normalized spacial score (nSPS) is 10.1. The van der Waals surface area contributed by atoms with Crippen LogP contribution in [-0.2, 0) is 0 Å². The number of pyridine rings is 1. The van der Waals surface area contributed by atoms with Crippen LogP contribution in [0.25, 0.3) is 0 Å². The molecule has 0 bridgehead atoms. The second kappa shape index (κ2) is 5.75. The summed E-state index contributed by atoms with van der Waals surface area (Å²) in [4.78, 5) is 16.8. The number of nitrogens with zero attached hydrogens (tertiary/aromatic N) is 1. The fraction of sp³-hybridized carbons (Fsp3) is 0.455. The Morgan fingerprint density at radius 1 is 1.53 bits per heavy atom. The fourth-order valence-corrected chi connectivity index (χ4v) is 2.05. The van der Waals surface area contributed by atoms with Gasteiger partial charge in [-0.3, -0.25) is 4.79 Å². The van der Waals surface area contributed by atoms with E-state index in [1.165, 1.54) is 0 Å². The molecule has 0 spiro atoms. The molecular weight excluding hydrogens is 208 g/mol. The lowest BCUT2D eigenvalue weighted by atomic mass is 10.2. The van der Waals surface area contributed by atoms with E-state index in [2.05, 4.69) is 17.2 Å². The van der Waals surface area contributed by atoms with E-state index in [4.69, 9.17) is 0 Å². The zero-order chi connectivity index (χ0) is 11.3. The van der Waals surface area contributed by atoms with Crippen molar-refractivity contribution in [2.75, 3.05) is 18.1 Å². The summed E-state index contributed by atoms with van der Waals surface area (Å²) in [6, 6.07) is 1.98. The minimum Gasteiger partial charge on any atom is -0.387 e. The van der Waals surface area contributed by atoms with Crippen LogP contribution in [0.1, 0.15) is 30.8 Å². The summed E-state index contributed by atoms with van der Waals surface area (Å²) >= 11 is 1.65. The van der Waals surface area contributed by atoms with E-state index in [1.54, 1.807) is 18.0 Å². The Labute approximate surface area is 94.7 Å². The standard InChI is InChI=1S/C11H16N2OS/c1-4-9(14)11-10(15-5-2)6-8(12-3)7-13-11/h6-7,12H,4-5H2,1-3H3. The first-order valence-electron chi connectivity index (χ1n) is 5.06. The third kappa shape index (κ3) is 2.96. The second-order valence-electron chi connectivity index (χ2n) is 3.03. The van der Waals surface area contributed by atoms with Crippen molar-refractivity contribution < 1.29 is 4.79 Å². The molecule has 15 heavy (non-hydrogen) atoms. The number of nitrogens with one attached hydrogen (secondary N) is 1. The van der Waals surface area contributed by atoms with Gasteiger partial charge in [0.1, 0.15) is 5.69 Å². The van der Waals surface area contributed by atoms with Gasteiger partial charge in [-0.25, -0.2) is 4.98 Å². The van der Waals surface area contributed by atoms with E-state index in [-0.39, 0.29) is 5.78 Å². The van der Waals surface area contributed by atoms with Gasteiger partial charge >= 0.3 is 0 Å². The van der Waals surface area contributed by atoms with E-state index < -0.39 is 0 Å². The van der Waals surface area contributed by atoms with Crippen LogP contribution in [0.5, 0.6) is 0 Å². The summed E-state index contributed by atoms with van der Waals surface area (Å²) in [5.41, 5.74) is 1.54. The lowest BCUT2D eigenvalue weighted by Gasteiger charge is -2.07. The molecule has 1 heterocycles. The molecule has 0 radical (unpaired) electrons. The molecule has 0 saturated heterocycles. The number of aromatic nitrogens is 1. The number of ketones is 1. The number of carbonyl (C=O) groups excluding carboxylic acids is 1. The van der Waals surface area contributed by atoms with Gasteiger partial charge in [0.15, 0.2) is 5.78 Å². The molecule has 1 N–H and O–H groups in total. The predicted molar refractivity (Wildman–Crippen MR) is 64.8 cm³/mol. The average Bonchev–Trinajstić information content (AvgIpc) is 2.28. The number of anilines is 1. The molecule has 0 saturated carbocycles. The van der Waals surface area contributed by atoms with Crippen molar-refractivity contribution in [3.05, 3.63) is 18.0 Å². The molecule has 0 amide bonds. The van der Waals surface area contributed by atoms with Crippen molar-refractivity contribution in [2.24, 2.45) is 0 Å². The quantitative estimate of drug-likeness (QED) is 0.617. The van der Waals surface area contributed by atoms with Crippen LogP contribution in [0.4, 0.5) is 5.69 Å². The summed E-state index contributed by atoms with van der Waals surface area (Å²) in [7, 11) is 1.85. The van der Waals surface area contributed by atoms with Gasteiger partial charge in [-0.2, -0.15) is 0 Å². The Hall–Kier alpha value is -1.03. The van der Waals surface area contributed by atoms with E-state index in [9.17, 15) is 4.79 Å². The SMILES string of the molecule is CCSc1cc(NC)cnc1C(=O)CC. The molecule has 82 valence electrons. The third-order valence-electron chi connectivity index (χ3n) is 2.03. The maximum absolute atomic E-state index is 11.6. The van der Waals surface area contributed by atoms with Crippen LogP contribution in [0.15, 0.2) is 17.2 Å². The summed E-state index contributed by atoms with van der Waals surface area (Å²) < 4.78 is 0. The number of Topliss-reactive ketones (excluding diaryl/α,β-unsaturated/α-hetero) is 1. The van der Waals surface area contributed by atoms with Gasteiger partial charge in [0, 0.05) is 18.4 Å². The topological polar surface area (TPSA) is 42.0 Å². The Morgan fingerprint density at radius 2 is 2.27 bits per heavy atom. The maximum atomic E-state index is 11.6. The van der Waals surface area contributed by atoms with Gasteiger partial charge in [0.2, 0.25) is 0 Å². The van der Waals surface area contributed by atoms with Gasteiger partial charge in [-0.1, -0.05) is 13.8 Å². The number of carbonyl (C=O) groups is 1. The minimum atomic E-state index is 0.105. The molecule has 4 heteroatoms. The van der Waals surface area contributed by atoms with E-state index in [1.807, 2.05) is 20.0 Å². The lowest BCUT2D eigenvalue weighted by molar-refractivity contribution is 0.0980. The summed E-state index contributed by atoms with van der Waals surface area (Å²) in [6.07, 6.45) is 2.20. The highest BCUT2D eigenvalue weighted by Gasteiger charge is 2.11. The molecule has 0 unspecified atom stereocenters. The summed E-state index contributed by atoms with van der Waals surface area (Å²) in [5, 5.41) is 3.02. The zero-order valence-corrected chi connectivity index (χ0v) is 10.1. The van der Waals surface area contributed by atoms with Crippen LogP contribution in [0, 0.1) is 0 Å². The van der Waals surface area contributed by atoms with E-state index >= 15 is 0 Å². The number of rotatable bonds is 5. The average molecular weight is 224 g/mol. The lowest BCUT2D eigenvalue weighted by Crippen LogP contribution is -2.04. The highest BCUT2D eigenvalue weighted by molar-refractivity contribution is 7.99. The van der Waals surface area contributed by atoms with E-state index in [0.29, 0.717) is 12.1 Å². The summed E-state index contributed by atoms with van der Waals surface area (Å²) in [5.74, 6) is 1.05. The molecule has 3 nitrogen and oxygen atoms in total. The van der Waals surface area contributed by atoms with Crippen molar-refractivity contribution in [3.8, 4) is 0 Å². The molecule has 0 aliphatic carbocycles. The Bertz CT molecular complexity index is 352. The van der Waals surface area contributed by atoms with E-state index in [0.717, 1.165) is 16.3 Å². The van der Waals surface area contributed by atoms with Crippen LogP contribution in [0.2, 0.25) is 0 Å². The molecule has 0 aliphatic rings. The molecule has 0 aliphatic heterocycles. The first-order chi connectivity index (χ1) is 7.22. The molecule has 0 fully saturated rings. The summed E-state index contributed by atoms with van der Waals surface area (Å²) in [6.45, 7) is 3.92. The van der Waals surface area contributed by atoms with Crippen molar-refractivity contribution in [2.45, 2.75) is 25.2 Å². The van der Waals surface area contributed by atoms with Crippen LogP contribution >= 0.6 is 11.8 Å². The first-order valence-corrected chi connectivity index (χ1v) is 6.05. The second-order valence-corrected chi connectivity index (χ2v) is 4.34. The number of hydrogen-bond donors (Lipinski definition) is 1. The monoisotopic (exact) mass is 224 g/mol. The Morgan fingerprint density at radius 3 is 2.80 bits per heavy atom. The molecule has 0 aromatic carbocycles. The largest absolute Gasteiger partial charge is 0.387 e. The first kappa shape index (κ1) is 12.0. The Kier molecular flexibility index (Phi) is 4.62. The molecule has 1 aromatic heterocycles. The Balaban J connectivity index is 3.08. The predicted octanol–water partition coefficient (Wildman–Crippen LogP) is 2.83. The van der Waals surface area contributed by atoms with Crippen molar-refractivity contribution >= 4 is 23.2 Å². The van der Waals surface area contributed by atoms with Crippen molar-refractivity contribution in [1.82, 2.24) is 4.98 Å². The minimum absolute atomic E-state index is 0.105. The highest BCUT2D eigenvalue weighted by atomic mass is 32.2. The van der Waals surface area contributed by atoms with Crippen LogP contribution < -0.4 is 5.32 Å². The molecule has 1 aromatic rings. The van der Waals surface area contributed by atoms with Crippen molar-refractivity contribution in [1.29, 1.82) is 0 Å². The van der Waals surface area contributed by atoms with Gasteiger partial charge in [-0.05, 0) is 11.8 Å². The van der Waals surface area contributed by atoms with Gasteiger partial charge in [-0.15, -0.1) is 11.8 Å². The van der Waals surface area contributed by atoms with Gasteiger partial charge in [0.05, 0.1) is 11.9 Å². The van der Waals surface area contributed by atoms with Gasteiger partial charge in [0.25, 0.3) is 0 Å². The number of thioether (sulfide) groups is 1. The molecule has 0 atom stereocenters. The number of hydrogen-bond acceptors (Lipinski definition) is 4. The molecular formula is C11H16N2OS. The highest BCUT2D eigenvalue weighted by Crippen LogP contribution is 2.24. The van der Waals surface area contributed by atoms with Crippen LogP contribution in [-0.4, -0.2) is 23.6 Å².